The van der Waals surface area contributed by atoms with Crippen molar-refractivity contribution in [2.24, 2.45) is 11.8 Å². The van der Waals surface area contributed by atoms with Crippen molar-refractivity contribution in [3.63, 3.8) is 0 Å². The fourth-order valence-electron chi connectivity index (χ4n) is 2.42. The molecule has 84 valence electrons. The van der Waals surface area contributed by atoms with Crippen LogP contribution in [0.25, 0.3) is 0 Å². The summed E-state index contributed by atoms with van der Waals surface area (Å²) in [4.78, 5) is 0. The molecular formula is C12H25NS. The summed E-state index contributed by atoms with van der Waals surface area (Å²) in [6.45, 7) is 5.94. The predicted molar refractivity (Wildman–Crippen MR) is 67.0 cm³/mol. The van der Waals surface area contributed by atoms with Crippen molar-refractivity contribution >= 4 is 11.8 Å². The predicted octanol–water partition coefficient (Wildman–Crippen LogP) is 3.15. The molecule has 0 saturated heterocycles. The highest BCUT2D eigenvalue weighted by atomic mass is 32.2. The lowest BCUT2D eigenvalue weighted by atomic mass is 9.82. The average molecular weight is 215 g/mol. The van der Waals surface area contributed by atoms with E-state index in [4.69, 9.17) is 0 Å². The molecule has 0 amide bonds. The second kappa shape index (κ2) is 6.73. The van der Waals surface area contributed by atoms with Crippen molar-refractivity contribution < 1.29 is 0 Å². The largest absolute Gasteiger partial charge is 0.313 e. The topological polar surface area (TPSA) is 12.0 Å². The third-order valence-electron chi connectivity index (χ3n) is 3.22. The number of thioether (sulfide) groups is 1. The number of rotatable bonds is 5. The molecule has 0 aromatic carbocycles. The minimum Gasteiger partial charge on any atom is -0.313 e. The lowest BCUT2D eigenvalue weighted by Crippen LogP contribution is -2.34. The van der Waals surface area contributed by atoms with Crippen molar-refractivity contribution in [2.45, 2.75) is 45.6 Å². The van der Waals surface area contributed by atoms with Gasteiger partial charge in [0.05, 0.1) is 0 Å². The lowest BCUT2D eigenvalue weighted by molar-refractivity contribution is 0.270. The quantitative estimate of drug-likeness (QED) is 0.756. The Morgan fingerprint density at radius 2 is 2.21 bits per heavy atom. The molecule has 1 rings (SSSR count). The van der Waals surface area contributed by atoms with E-state index in [-0.39, 0.29) is 0 Å². The molecule has 0 radical (unpaired) electrons. The van der Waals surface area contributed by atoms with E-state index < -0.39 is 0 Å². The molecule has 1 aliphatic rings. The molecule has 1 saturated carbocycles. The highest BCUT2D eigenvalue weighted by molar-refractivity contribution is 7.98. The Kier molecular flexibility index (Phi) is 5.95. The fraction of sp³-hybridized carbons (Fsp3) is 1.00. The molecule has 1 aliphatic carbocycles. The Morgan fingerprint density at radius 1 is 1.43 bits per heavy atom. The van der Waals surface area contributed by atoms with Gasteiger partial charge in [-0.3, -0.25) is 0 Å². The van der Waals surface area contributed by atoms with Gasteiger partial charge in [-0.2, -0.15) is 11.8 Å². The van der Waals surface area contributed by atoms with Crippen LogP contribution in [0.3, 0.4) is 0 Å². The van der Waals surface area contributed by atoms with Gasteiger partial charge in [0.25, 0.3) is 0 Å². The van der Waals surface area contributed by atoms with Crippen LogP contribution < -0.4 is 5.32 Å². The lowest BCUT2D eigenvalue weighted by Gasteiger charge is -2.28. The molecule has 0 aliphatic heterocycles. The highest BCUT2D eigenvalue weighted by Gasteiger charge is 2.18. The van der Waals surface area contributed by atoms with Crippen LogP contribution >= 0.6 is 11.8 Å². The van der Waals surface area contributed by atoms with E-state index in [1.54, 1.807) is 0 Å². The van der Waals surface area contributed by atoms with E-state index in [2.05, 4.69) is 25.4 Å². The van der Waals surface area contributed by atoms with Crippen LogP contribution in [0.15, 0.2) is 0 Å². The Balaban J connectivity index is 2.10. The maximum atomic E-state index is 3.65. The van der Waals surface area contributed by atoms with Gasteiger partial charge in [0.1, 0.15) is 0 Å². The summed E-state index contributed by atoms with van der Waals surface area (Å²) in [5, 5.41) is 3.65. The summed E-state index contributed by atoms with van der Waals surface area (Å²) in [6, 6.07) is 0.683. The van der Waals surface area contributed by atoms with Gasteiger partial charge in [-0.25, -0.2) is 0 Å². The fourth-order valence-corrected chi connectivity index (χ4v) is 3.04. The molecule has 1 N–H and O–H groups in total. The average Bonchev–Trinajstić information content (AvgIpc) is 2.15. The van der Waals surface area contributed by atoms with Crippen molar-refractivity contribution in [3.8, 4) is 0 Å². The van der Waals surface area contributed by atoms with Gasteiger partial charge >= 0.3 is 0 Å². The van der Waals surface area contributed by atoms with Gasteiger partial charge in [-0.1, -0.05) is 19.8 Å². The zero-order valence-electron chi connectivity index (χ0n) is 9.88. The molecule has 0 aromatic rings. The zero-order chi connectivity index (χ0) is 10.4. The maximum absolute atomic E-state index is 3.65. The van der Waals surface area contributed by atoms with Crippen LogP contribution in [0.1, 0.15) is 39.5 Å². The molecular weight excluding hydrogens is 190 g/mol. The first kappa shape index (κ1) is 12.4. The van der Waals surface area contributed by atoms with E-state index in [9.17, 15) is 0 Å². The first-order chi connectivity index (χ1) is 6.72. The molecule has 1 fully saturated rings. The second-order valence-electron chi connectivity index (χ2n) is 4.90. The van der Waals surface area contributed by atoms with Gasteiger partial charge < -0.3 is 5.32 Å². The summed E-state index contributed by atoms with van der Waals surface area (Å²) >= 11 is 1.93. The van der Waals surface area contributed by atoms with Gasteiger partial charge in [0.15, 0.2) is 0 Å². The normalized spacial score (nSPS) is 30.2. The van der Waals surface area contributed by atoms with E-state index in [1.807, 2.05) is 11.8 Å². The third kappa shape index (κ3) is 4.70. The third-order valence-corrected chi connectivity index (χ3v) is 4.05. The SMILES string of the molecule is CSCC(C)NCC1CCCC(C)C1. The maximum Gasteiger partial charge on any atom is 0.0129 e. The first-order valence-corrected chi connectivity index (χ1v) is 7.34. The Labute approximate surface area is 93.4 Å². The van der Waals surface area contributed by atoms with E-state index in [0.717, 1.165) is 11.8 Å². The molecule has 0 heterocycles. The van der Waals surface area contributed by atoms with Crippen LogP contribution in [0.2, 0.25) is 0 Å². The number of hydrogen-bond acceptors (Lipinski definition) is 2. The molecule has 2 heteroatoms. The summed E-state index contributed by atoms with van der Waals surface area (Å²) in [5.74, 6) is 3.15. The van der Waals surface area contributed by atoms with Gasteiger partial charge in [0, 0.05) is 11.8 Å². The summed E-state index contributed by atoms with van der Waals surface area (Å²) < 4.78 is 0. The molecule has 3 atom stereocenters. The van der Waals surface area contributed by atoms with Gasteiger partial charge in [0.2, 0.25) is 0 Å². The molecule has 0 bridgehead atoms. The second-order valence-corrected chi connectivity index (χ2v) is 5.81. The van der Waals surface area contributed by atoms with Crippen LogP contribution in [-0.2, 0) is 0 Å². The zero-order valence-corrected chi connectivity index (χ0v) is 10.7. The van der Waals surface area contributed by atoms with Crippen molar-refractivity contribution in [2.75, 3.05) is 18.6 Å². The molecule has 0 aromatic heterocycles. The van der Waals surface area contributed by atoms with E-state index in [0.29, 0.717) is 6.04 Å². The standard InChI is InChI=1S/C12H25NS/c1-10-5-4-6-12(7-10)8-13-11(2)9-14-3/h10-13H,4-9H2,1-3H3. The van der Waals surface area contributed by atoms with E-state index in [1.165, 1.54) is 38.0 Å². The highest BCUT2D eigenvalue weighted by Crippen LogP contribution is 2.27. The Bertz CT molecular complexity index is 149. The Hall–Kier alpha value is 0.310. The number of nitrogens with one attached hydrogen (secondary N) is 1. The van der Waals surface area contributed by atoms with Crippen molar-refractivity contribution in [3.05, 3.63) is 0 Å². The minimum absolute atomic E-state index is 0.683. The van der Waals surface area contributed by atoms with Crippen LogP contribution in [-0.4, -0.2) is 24.6 Å². The van der Waals surface area contributed by atoms with Crippen LogP contribution in [0.4, 0.5) is 0 Å². The minimum atomic E-state index is 0.683. The van der Waals surface area contributed by atoms with Gasteiger partial charge in [-0.05, 0) is 44.4 Å². The first-order valence-electron chi connectivity index (χ1n) is 5.94. The summed E-state index contributed by atoms with van der Waals surface area (Å²) in [7, 11) is 0. The molecule has 0 spiro atoms. The molecule has 1 nitrogen and oxygen atoms in total. The van der Waals surface area contributed by atoms with Crippen molar-refractivity contribution in [1.29, 1.82) is 0 Å². The van der Waals surface area contributed by atoms with Gasteiger partial charge in [-0.15, -0.1) is 0 Å². The molecule has 3 unspecified atom stereocenters. The van der Waals surface area contributed by atoms with E-state index >= 15 is 0 Å². The van der Waals surface area contributed by atoms with Crippen molar-refractivity contribution in [1.82, 2.24) is 5.32 Å². The number of hydrogen-bond donors (Lipinski definition) is 1. The smallest absolute Gasteiger partial charge is 0.0129 e. The van der Waals surface area contributed by atoms with Crippen LogP contribution in [0.5, 0.6) is 0 Å². The summed E-state index contributed by atoms with van der Waals surface area (Å²) in [5.41, 5.74) is 0. The Morgan fingerprint density at radius 3 is 2.86 bits per heavy atom. The van der Waals surface area contributed by atoms with Crippen LogP contribution in [0, 0.1) is 11.8 Å². The monoisotopic (exact) mass is 215 g/mol. The molecule has 14 heavy (non-hydrogen) atoms. The summed E-state index contributed by atoms with van der Waals surface area (Å²) in [6.07, 6.45) is 7.98.